The number of rotatable bonds is 3. The third kappa shape index (κ3) is 2.30. The standard InChI is InChI=1S/C17H13N5O/c23-17-15-14(11-18-20-15)19-21-22(17)16(12-7-3-1-4-8-12)13-9-5-2-6-10-13/h1-11,16H,(H,18,20). The van der Waals surface area contributed by atoms with Gasteiger partial charge in [-0.1, -0.05) is 65.9 Å². The molecule has 0 atom stereocenters. The van der Waals surface area contributed by atoms with E-state index < -0.39 is 0 Å². The van der Waals surface area contributed by atoms with E-state index in [1.165, 1.54) is 10.9 Å². The van der Waals surface area contributed by atoms with E-state index in [1.807, 2.05) is 60.7 Å². The largest absolute Gasteiger partial charge is 0.296 e. The minimum absolute atomic E-state index is 0.245. The maximum absolute atomic E-state index is 12.8. The second-order valence-electron chi connectivity index (χ2n) is 5.19. The van der Waals surface area contributed by atoms with Crippen LogP contribution in [0.1, 0.15) is 17.2 Å². The zero-order valence-electron chi connectivity index (χ0n) is 12.1. The molecular weight excluding hydrogens is 290 g/mol. The summed E-state index contributed by atoms with van der Waals surface area (Å²) in [5, 5.41) is 14.8. The van der Waals surface area contributed by atoms with Crippen LogP contribution < -0.4 is 5.56 Å². The van der Waals surface area contributed by atoms with Gasteiger partial charge in [-0.25, -0.2) is 0 Å². The third-order valence-corrected chi connectivity index (χ3v) is 3.77. The highest BCUT2D eigenvalue weighted by Gasteiger charge is 2.20. The van der Waals surface area contributed by atoms with Crippen molar-refractivity contribution in [3.05, 3.63) is 88.3 Å². The molecule has 2 aromatic carbocycles. The van der Waals surface area contributed by atoms with E-state index in [9.17, 15) is 4.79 Å². The summed E-state index contributed by atoms with van der Waals surface area (Å²) >= 11 is 0. The topological polar surface area (TPSA) is 76.5 Å². The summed E-state index contributed by atoms with van der Waals surface area (Å²) < 4.78 is 1.39. The number of hydrogen-bond acceptors (Lipinski definition) is 4. The van der Waals surface area contributed by atoms with E-state index in [2.05, 4.69) is 20.5 Å². The minimum Gasteiger partial charge on any atom is -0.271 e. The van der Waals surface area contributed by atoms with Crippen LogP contribution in [0.25, 0.3) is 11.0 Å². The highest BCUT2D eigenvalue weighted by atomic mass is 16.1. The molecule has 0 fully saturated rings. The van der Waals surface area contributed by atoms with Crippen LogP contribution in [0.2, 0.25) is 0 Å². The number of nitrogens with zero attached hydrogens (tertiary/aromatic N) is 4. The third-order valence-electron chi connectivity index (χ3n) is 3.77. The Bertz CT molecular complexity index is 952. The lowest BCUT2D eigenvalue weighted by molar-refractivity contribution is 0.532. The van der Waals surface area contributed by atoms with E-state index in [4.69, 9.17) is 0 Å². The van der Waals surface area contributed by atoms with Crippen molar-refractivity contribution >= 4 is 11.0 Å². The highest BCUT2D eigenvalue weighted by molar-refractivity contribution is 5.70. The fourth-order valence-electron chi connectivity index (χ4n) is 2.68. The molecule has 112 valence electrons. The molecule has 0 aliphatic rings. The summed E-state index contributed by atoms with van der Waals surface area (Å²) in [6, 6.07) is 19.2. The van der Waals surface area contributed by atoms with Crippen LogP contribution in [0, 0.1) is 0 Å². The van der Waals surface area contributed by atoms with Gasteiger partial charge in [0.05, 0.1) is 6.20 Å². The SMILES string of the molecule is O=c1c2[nH]ncc2nnn1C(c1ccccc1)c1ccccc1. The molecule has 4 rings (SSSR count). The van der Waals surface area contributed by atoms with Crippen LogP contribution in [-0.2, 0) is 0 Å². The number of benzene rings is 2. The zero-order chi connectivity index (χ0) is 15.6. The number of hydrogen-bond donors (Lipinski definition) is 1. The van der Waals surface area contributed by atoms with Crippen molar-refractivity contribution < 1.29 is 0 Å². The van der Waals surface area contributed by atoms with Crippen molar-refractivity contribution in [1.29, 1.82) is 0 Å². The first-order valence-electron chi connectivity index (χ1n) is 7.23. The van der Waals surface area contributed by atoms with Gasteiger partial charge in [-0.2, -0.15) is 9.78 Å². The fraction of sp³-hybridized carbons (Fsp3) is 0.0588. The predicted molar refractivity (Wildman–Crippen MR) is 86.1 cm³/mol. The molecule has 0 aliphatic carbocycles. The van der Waals surface area contributed by atoms with Crippen molar-refractivity contribution in [2.75, 3.05) is 0 Å². The first-order chi connectivity index (χ1) is 11.3. The van der Waals surface area contributed by atoms with E-state index in [-0.39, 0.29) is 11.6 Å². The predicted octanol–water partition coefficient (Wildman–Crippen LogP) is 2.15. The van der Waals surface area contributed by atoms with Gasteiger partial charge in [0.15, 0.2) is 5.52 Å². The molecule has 0 spiro atoms. The number of nitrogens with one attached hydrogen (secondary N) is 1. The summed E-state index contributed by atoms with van der Waals surface area (Å²) in [7, 11) is 0. The van der Waals surface area contributed by atoms with Crippen LogP contribution in [0.5, 0.6) is 0 Å². The van der Waals surface area contributed by atoms with Crippen molar-refractivity contribution in [2.45, 2.75) is 6.04 Å². The summed E-state index contributed by atoms with van der Waals surface area (Å²) in [6.07, 6.45) is 1.49. The smallest absolute Gasteiger partial charge is 0.271 e. The van der Waals surface area contributed by atoms with Crippen LogP contribution >= 0.6 is 0 Å². The van der Waals surface area contributed by atoms with E-state index in [0.717, 1.165) is 11.1 Å². The number of fused-ring (bicyclic) bond motifs is 1. The molecular formula is C17H13N5O. The van der Waals surface area contributed by atoms with Crippen molar-refractivity contribution in [3.8, 4) is 0 Å². The van der Waals surface area contributed by atoms with Gasteiger partial charge in [0.1, 0.15) is 11.6 Å². The molecule has 1 N–H and O–H groups in total. The second kappa shape index (κ2) is 5.49. The summed E-state index contributed by atoms with van der Waals surface area (Å²) in [6.45, 7) is 0. The Labute approximate surface area is 131 Å². The molecule has 0 aliphatic heterocycles. The molecule has 0 radical (unpaired) electrons. The van der Waals surface area contributed by atoms with Gasteiger partial charge in [-0.3, -0.25) is 9.89 Å². The molecule has 0 unspecified atom stereocenters. The lowest BCUT2D eigenvalue weighted by Crippen LogP contribution is -2.29. The van der Waals surface area contributed by atoms with Gasteiger partial charge in [-0.05, 0) is 11.1 Å². The quantitative estimate of drug-likeness (QED) is 0.629. The molecule has 0 amide bonds. The summed E-state index contributed by atoms with van der Waals surface area (Å²) in [4.78, 5) is 12.8. The van der Waals surface area contributed by atoms with E-state index in [1.54, 1.807) is 0 Å². The maximum atomic E-state index is 12.8. The minimum atomic E-state index is -0.343. The number of H-pyrrole nitrogens is 1. The normalized spacial score (nSPS) is 11.2. The van der Waals surface area contributed by atoms with Crippen molar-refractivity contribution in [3.63, 3.8) is 0 Å². The lowest BCUT2D eigenvalue weighted by atomic mass is 9.99. The zero-order valence-corrected chi connectivity index (χ0v) is 12.1. The molecule has 23 heavy (non-hydrogen) atoms. The van der Waals surface area contributed by atoms with Gasteiger partial charge >= 0.3 is 0 Å². The maximum Gasteiger partial charge on any atom is 0.296 e. The van der Waals surface area contributed by atoms with E-state index in [0.29, 0.717) is 11.0 Å². The fourth-order valence-corrected chi connectivity index (χ4v) is 2.68. The molecule has 6 nitrogen and oxygen atoms in total. The molecule has 2 heterocycles. The Morgan fingerprint density at radius 1 is 0.913 bits per heavy atom. The average molecular weight is 303 g/mol. The van der Waals surface area contributed by atoms with Gasteiger partial charge in [-0.15, -0.1) is 5.10 Å². The molecule has 0 saturated heterocycles. The molecule has 0 bridgehead atoms. The van der Waals surface area contributed by atoms with Crippen LogP contribution in [0.4, 0.5) is 0 Å². The Balaban J connectivity index is 1.98. The first kappa shape index (κ1) is 13.4. The average Bonchev–Trinajstić information content (AvgIpc) is 3.09. The highest BCUT2D eigenvalue weighted by Crippen LogP contribution is 2.24. The summed E-state index contributed by atoms with van der Waals surface area (Å²) in [5.74, 6) is 0. The van der Waals surface area contributed by atoms with Crippen molar-refractivity contribution in [2.24, 2.45) is 0 Å². The van der Waals surface area contributed by atoms with Gasteiger partial charge in [0.2, 0.25) is 0 Å². The Kier molecular flexibility index (Phi) is 3.20. The lowest BCUT2D eigenvalue weighted by Gasteiger charge is -2.18. The molecule has 6 heteroatoms. The van der Waals surface area contributed by atoms with Crippen LogP contribution in [-0.4, -0.2) is 25.2 Å². The molecule has 4 aromatic rings. The molecule has 2 aromatic heterocycles. The van der Waals surface area contributed by atoms with Crippen LogP contribution in [0.15, 0.2) is 71.7 Å². The van der Waals surface area contributed by atoms with Gasteiger partial charge in [0, 0.05) is 0 Å². The Morgan fingerprint density at radius 2 is 1.52 bits per heavy atom. The summed E-state index contributed by atoms with van der Waals surface area (Å²) in [5.41, 5.74) is 2.51. The Hall–Kier alpha value is -3.28. The van der Waals surface area contributed by atoms with Crippen LogP contribution in [0.3, 0.4) is 0 Å². The second-order valence-corrected chi connectivity index (χ2v) is 5.19. The van der Waals surface area contributed by atoms with Crippen molar-refractivity contribution in [1.82, 2.24) is 25.2 Å². The van der Waals surface area contributed by atoms with E-state index >= 15 is 0 Å². The first-order valence-corrected chi connectivity index (χ1v) is 7.23. The molecule has 0 saturated carbocycles. The number of aromatic amines is 1. The van der Waals surface area contributed by atoms with Gasteiger partial charge < -0.3 is 0 Å². The number of aromatic nitrogens is 5. The Morgan fingerprint density at radius 3 is 2.13 bits per heavy atom. The van der Waals surface area contributed by atoms with Gasteiger partial charge in [0.25, 0.3) is 5.56 Å². The monoisotopic (exact) mass is 303 g/mol.